The van der Waals surface area contributed by atoms with Crippen LogP contribution in [0.2, 0.25) is 0 Å². The predicted molar refractivity (Wildman–Crippen MR) is 99.0 cm³/mol. The number of ketones is 1. The van der Waals surface area contributed by atoms with Crippen LogP contribution in [0.15, 0.2) is 60.8 Å². The third-order valence-corrected chi connectivity index (χ3v) is 4.44. The smallest absolute Gasteiger partial charge is 0.185 e. The van der Waals surface area contributed by atoms with E-state index < -0.39 is 0 Å². The number of nitrogens with zero attached hydrogens (tertiary/aromatic N) is 1. The number of carbonyl (C=O) groups is 2. The first kappa shape index (κ1) is 16.8. The zero-order valence-electron chi connectivity index (χ0n) is 14.3. The Hall–Kier alpha value is -3.07. The van der Waals surface area contributed by atoms with Gasteiger partial charge in [0.15, 0.2) is 5.78 Å². The molecule has 0 saturated carbocycles. The van der Waals surface area contributed by atoms with Crippen molar-refractivity contribution < 1.29 is 9.59 Å². The SMILES string of the molecule is Cc1cnc(C(=O)Cc2cccc(-c3ccccc3)c2C)cc1C=O. The van der Waals surface area contributed by atoms with E-state index in [1.165, 1.54) is 0 Å². The lowest BCUT2D eigenvalue weighted by Gasteiger charge is -2.11. The molecule has 0 atom stereocenters. The van der Waals surface area contributed by atoms with E-state index in [1.807, 2.05) is 37.3 Å². The van der Waals surface area contributed by atoms with Crippen LogP contribution in [0.25, 0.3) is 11.1 Å². The zero-order valence-corrected chi connectivity index (χ0v) is 14.3. The molecular weight excluding hydrogens is 310 g/mol. The van der Waals surface area contributed by atoms with Gasteiger partial charge in [-0.05, 0) is 47.7 Å². The second-order valence-corrected chi connectivity index (χ2v) is 6.10. The molecule has 0 radical (unpaired) electrons. The Labute approximate surface area is 147 Å². The molecule has 1 aromatic heterocycles. The van der Waals surface area contributed by atoms with E-state index in [2.05, 4.69) is 23.2 Å². The van der Waals surface area contributed by atoms with Gasteiger partial charge in [-0.1, -0.05) is 48.5 Å². The number of Topliss-reactive ketones (excluding diaryl/α,β-unsaturated/α-hetero) is 1. The first-order chi connectivity index (χ1) is 12.1. The van der Waals surface area contributed by atoms with Gasteiger partial charge in [-0.25, -0.2) is 0 Å². The fourth-order valence-electron chi connectivity index (χ4n) is 2.89. The van der Waals surface area contributed by atoms with Gasteiger partial charge in [-0.15, -0.1) is 0 Å². The Kier molecular flexibility index (Phi) is 4.85. The van der Waals surface area contributed by atoms with Crippen molar-refractivity contribution >= 4 is 12.1 Å². The van der Waals surface area contributed by atoms with Crippen LogP contribution < -0.4 is 0 Å². The van der Waals surface area contributed by atoms with Crippen molar-refractivity contribution in [1.29, 1.82) is 0 Å². The fraction of sp³-hybridized carbons (Fsp3) is 0.136. The summed E-state index contributed by atoms with van der Waals surface area (Å²) in [6, 6.07) is 17.7. The van der Waals surface area contributed by atoms with Gasteiger partial charge >= 0.3 is 0 Å². The van der Waals surface area contributed by atoms with Crippen molar-refractivity contribution in [1.82, 2.24) is 4.98 Å². The largest absolute Gasteiger partial charge is 0.298 e. The minimum Gasteiger partial charge on any atom is -0.298 e. The zero-order chi connectivity index (χ0) is 17.8. The third-order valence-electron chi connectivity index (χ3n) is 4.44. The van der Waals surface area contributed by atoms with Crippen molar-refractivity contribution in [3.8, 4) is 11.1 Å². The maximum Gasteiger partial charge on any atom is 0.185 e. The number of hydrogen-bond acceptors (Lipinski definition) is 3. The Morgan fingerprint density at radius 2 is 1.80 bits per heavy atom. The predicted octanol–water partition coefficient (Wildman–Crippen LogP) is 4.60. The van der Waals surface area contributed by atoms with Crippen molar-refractivity contribution in [2.24, 2.45) is 0 Å². The van der Waals surface area contributed by atoms with Crippen LogP contribution in [0.5, 0.6) is 0 Å². The molecule has 0 bridgehead atoms. The molecule has 3 nitrogen and oxygen atoms in total. The molecule has 0 aliphatic rings. The van der Waals surface area contributed by atoms with Crippen LogP contribution in [-0.4, -0.2) is 17.1 Å². The molecule has 1 heterocycles. The molecule has 0 saturated heterocycles. The average molecular weight is 329 g/mol. The summed E-state index contributed by atoms with van der Waals surface area (Å²) in [5.41, 5.74) is 5.92. The number of aromatic nitrogens is 1. The summed E-state index contributed by atoms with van der Waals surface area (Å²) in [6.07, 6.45) is 2.60. The molecule has 3 heteroatoms. The number of aryl methyl sites for hydroxylation is 1. The molecule has 0 unspecified atom stereocenters. The highest BCUT2D eigenvalue weighted by Gasteiger charge is 2.14. The van der Waals surface area contributed by atoms with Gasteiger partial charge in [-0.3, -0.25) is 14.6 Å². The van der Waals surface area contributed by atoms with Crippen molar-refractivity contribution in [2.75, 3.05) is 0 Å². The standard InChI is InChI=1S/C22H19NO2/c1-15-13-23-21(11-19(15)14-24)22(25)12-18-9-6-10-20(16(18)2)17-7-4-3-5-8-17/h3-11,13-14H,12H2,1-2H3. The molecule has 124 valence electrons. The van der Waals surface area contributed by atoms with Gasteiger partial charge in [0.1, 0.15) is 12.0 Å². The number of benzene rings is 2. The van der Waals surface area contributed by atoms with Crippen LogP contribution in [0, 0.1) is 13.8 Å². The van der Waals surface area contributed by atoms with Crippen LogP contribution in [-0.2, 0) is 6.42 Å². The van der Waals surface area contributed by atoms with Gasteiger partial charge in [0, 0.05) is 18.2 Å². The molecule has 0 spiro atoms. The minimum absolute atomic E-state index is 0.0867. The van der Waals surface area contributed by atoms with Gasteiger partial charge < -0.3 is 0 Å². The monoisotopic (exact) mass is 329 g/mol. The molecule has 0 N–H and O–H groups in total. The Balaban J connectivity index is 1.91. The molecule has 3 rings (SSSR count). The molecule has 3 aromatic rings. The summed E-state index contributed by atoms with van der Waals surface area (Å²) >= 11 is 0. The van der Waals surface area contributed by atoms with E-state index in [-0.39, 0.29) is 12.2 Å². The number of rotatable bonds is 5. The topological polar surface area (TPSA) is 47.0 Å². The number of aldehydes is 1. The van der Waals surface area contributed by atoms with E-state index in [0.717, 1.165) is 34.1 Å². The molecule has 0 aliphatic heterocycles. The lowest BCUT2D eigenvalue weighted by atomic mass is 9.93. The maximum absolute atomic E-state index is 12.6. The average Bonchev–Trinajstić information content (AvgIpc) is 2.64. The van der Waals surface area contributed by atoms with Gasteiger partial charge in [0.2, 0.25) is 0 Å². The van der Waals surface area contributed by atoms with E-state index in [9.17, 15) is 9.59 Å². The van der Waals surface area contributed by atoms with Crippen LogP contribution in [0.3, 0.4) is 0 Å². The molecule has 0 aliphatic carbocycles. The minimum atomic E-state index is -0.0867. The highest BCUT2D eigenvalue weighted by atomic mass is 16.1. The first-order valence-electron chi connectivity index (χ1n) is 8.19. The van der Waals surface area contributed by atoms with E-state index in [1.54, 1.807) is 19.2 Å². The Morgan fingerprint density at radius 1 is 1.04 bits per heavy atom. The first-order valence-corrected chi connectivity index (χ1v) is 8.19. The summed E-state index contributed by atoms with van der Waals surface area (Å²) in [6.45, 7) is 3.84. The van der Waals surface area contributed by atoms with E-state index in [0.29, 0.717) is 11.3 Å². The lowest BCUT2D eigenvalue weighted by molar-refractivity contribution is 0.0988. The molecule has 0 amide bonds. The highest BCUT2D eigenvalue weighted by molar-refractivity contribution is 5.97. The number of pyridine rings is 1. The Morgan fingerprint density at radius 3 is 2.52 bits per heavy atom. The molecule has 25 heavy (non-hydrogen) atoms. The molecular formula is C22H19NO2. The summed E-state index contributed by atoms with van der Waals surface area (Å²) in [5.74, 6) is -0.0867. The number of hydrogen-bond donors (Lipinski definition) is 0. The maximum atomic E-state index is 12.6. The summed E-state index contributed by atoms with van der Waals surface area (Å²) in [7, 11) is 0. The summed E-state index contributed by atoms with van der Waals surface area (Å²) < 4.78 is 0. The second kappa shape index (κ2) is 7.22. The highest BCUT2D eigenvalue weighted by Crippen LogP contribution is 2.26. The summed E-state index contributed by atoms with van der Waals surface area (Å²) in [5, 5.41) is 0. The van der Waals surface area contributed by atoms with E-state index in [4.69, 9.17) is 0 Å². The van der Waals surface area contributed by atoms with Crippen molar-refractivity contribution in [3.63, 3.8) is 0 Å². The van der Waals surface area contributed by atoms with Crippen LogP contribution >= 0.6 is 0 Å². The van der Waals surface area contributed by atoms with Crippen molar-refractivity contribution in [3.05, 3.63) is 88.7 Å². The normalized spacial score (nSPS) is 10.5. The van der Waals surface area contributed by atoms with Crippen LogP contribution in [0.4, 0.5) is 0 Å². The summed E-state index contributed by atoms with van der Waals surface area (Å²) in [4.78, 5) is 27.9. The number of carbonyl (C=O) groups excluding carboxylic acids is 2. The molecule has 0 fully saturated rings. The van der Waals surface area contributed by atoms with Gasteiger partial charge in [-0.2, -0.15) is 0 Å². The quantitative estimate of drug-likeness (QED) is 0.507. The van der Waals surface area contributed by atoms with Crippen LogP contribution in [0.1, 0.15) is 37.5 Å². The fourth-order valence-corrected chi connectivity index (χ4v) is 2.89. The second-order valence-electron chi connectivity index (χ2n) is 6.10. The van der Waals surface area contributed by atoms with Crippen molar-refractivity contribution in [2.45, 2.75) is 20.3 Å². The van der Waals surface area contributed by atoms with Gasteiger partial charge in [0.25, 0.3) is 0 Å². The third kappa shape index (κ3) is 3.56. The molecule has 2 aromatic carbocycles. The van der Waals surface area contributed by atoms with Gasteiger partial charge in [0.05, 0.1) is 0 Å². The Bertz CT molecular complexity index is 930. The van der Waals surface area contributed by atoms with E-state index >= 15 is 0 Å². The lowest BCUT2D eigenvalue weighted by Crippen LogP contribution is -2.08.